The smallest absolute Gasteiger partial charge is 0.307 e. The van der Waals surface area contributed by atoms with Gasteiger partial charge in [-0.25, -0.2) is 0 Å². The van der Waals surface area contributed by atoms with Crippen LogP contribution < -0.4 is 0 Å². The van der Waals surface area contributed by atoms with Crippen molar-refractivity contribution in [2.24, 2.45) is 17.8 Å². The van der Waals surface area contributed by atoms with E-state index in [1.807, 2.05) is 33.8 Å². The Bertz CT molecular complexity index is 381. The van der Waals surface area contributed by atoms with Gasteiger partial charge in [-0.2, -0.15) is 0 Å². The van der Waals surface area contributed by atoms with E-state index in [0.29, 0.717) is 5.92 Å². The number of methoxy groups -OCH3 is 1. The summed E-state index contributed by atoms with van der Waals surface area (Å²) in [6.45, 7) is 13.5. The average molecular weight is 326 g/mol. The Morgan fingerprint density at radius 1 is 1.17 bits per heavy atom. The van der Waals surface area contributed by atoms with E-state index >= 15 is 0 Å². The fraction of sp³-hybridized carbons (Fsp3) is 0.789. The number of rotatable bonds is 11. The summed E-state index contributed by atoms with van der Waals surface area (Å²) in [7, 11) is 1.50. The number of hydrogen-bond acceptors (Lipinski definition) is 4. The van der Waals surface area contributed by atoms with Crippen LogP contribution in [0.1, 0.15) is 60.3 Å². The molecule has 0 radical (unpaired) electrons. The highest BCUT2D eigenvalue weighted by molar-refractivity contribution is 5.86. The SMILES string of the molecule is C=CC(C)CCC[C@@H](C)C(CC(=O)OC(C)(C)C)C(=O)COC. The molecular formula is C19H34O4. The largest absolute Gasteiger partial charge is 0.460 e. The molecule has 0 aliphatic heterocycles. The maximum absolute atomic E-state index is 12.3. The zero-order valence-corrected chi connectivity index (χ0v) is 15.7. The van der Waals surface area contributed by atoms with E-state index in [1.54, 1.807) is 0 Å². The lowest BCUT2D eigenvalue weighted by Gasteiger charge is -2.25. The maximum Gasteiger partial charge on any atom is 0.307 e. The third kappa shape index (κ3) is 10.3. The molecule has 4 heteroatoms. The van der Waals surface area contributed by atoms with Gasteiger partial charge < -0.3 is 9.47 Å². The van der Waals surface area contributed by atoms with Gasteiger partial charge in [-0.05, 0) is 45.4 Å². The average Bonchev–Trinajstić information content (AvgIpc) is 2.42. The number of Topliss-reactive ketones (excluding diaryl/α,β-unsaturated/α-hetero) is 1. The number of ether oxygens (including phenoxy) is 2. The van der Waals surface area contributed by atoms with Crippen LogP contribution in [0.2, 0.25) is 0 Å². The molecule has 4 nitrogen and oxygen atoms in total. The third-order valence-corrected chi connectivity index (χ3v) is 3.91. The van der Waals surface area contributed by atoms with Crippen molar-refractivity contribution in [3.63, 3.8) is 0 Å². The van der Waals surface area contributed by atoms with Crippen LogP contribution in [-0.2, 0) is 19.1 Å². The van der Waals surface area contributed by atoms with Gasteiger partial charge in [-0.3, -0.25) is 9.59 Å². The molecule has 134 valence electrons. The van der Waals surface area contributed by atoms with Crippen molar-refractivity contribution in [1.82, 2.24) is 0 Å². The molecule has 0 aromatic rings. The van der Waals surface area contributed by atoms with Gasteiger partial charge in [0.15, 0.2) is 5.78 Å². The molecule has 0 heterocycles. The lowest BCUT2D eigenvalue weighted by molar-refractivity contribution is -0.158. The van der Waals surface area contributed by atoms with E-state index in [2.05, 4.69) is 13.5 Å². The first-order valence-electron chi connectivity index (χ1n) is 8.46. The Balaban J connectivity index is 4.69. The molecule has 0 aromatic heterocycles. The van der Waals surface area contributed by atoms with Crippen molar-refractivity contribution in [3.8, 4) is 0 Å². The van der Waals surface area contributed by atoms with Crippen LogP contribution in [0.3, 0.4) is 0 Å². The highest BCUT2D eigenvalue weighted by Gasteiger charge is 2.29. The second-order valence-corrected chi connectivity index (χ2v) is 7.42. The fourth-order valence-electron chi connectivity index (χ4n) is 2.53. The summed E-state index contributed by atoms with van der Waals surface area (Å²) >= 11 is 0. The topological polar surface area (TPSA) is 52.6 Å². The van der Waals surface area contributed by atoms with Gasteiger partial charge >= 0.3 is 5.97 Å². The minimum Gasteiger partial charge on any atom is -0.460 e. The van der Waals surface area contributed by atoms with Crippen LogP contribution in [0, 0.1) is 17.8 Å². The molecule has 3 atom stereocenters. The first-order chi connectivity index (χ1) is 10.6. The van der Waals surface area contributed by atoms with Gasteiger partial charge in [-0.15, -0.1) is 6.58 Å². The zero-order valence-electron chi connectivity index (χ0n) is 15.7. The standard InChI is InChI=1S/C19H34O4/c1-8-14(2)10-9-11-15(3)16(17(20)13-22-7)12-18(21)23-19(4,5)6/h8,14-16H,1,9-13H2,2-7H3/t14?,15-,16?/m1/s1. The van der Waals surface area contributed by atoms with Crippen molar-refractivity contribution < 1.29 is 19.1 Å². The van der Waals surface area contributed by atoms with E-state index in [1.165, 1.54) is 7.11 Å². The molecule has 0 saturated heterocycles. The first-order valence-corrected chi connectivity index (χ1v) is 8.46. The Morgan fingerprint density at radius 2 is 1.78 bits per heavy atom. The monoisotopic (exact) mass is 326 g/mol. The predicted molar refractivity (Wildman–Crippen MR) is 93.2 cm³/mol. The van der Waals surface area contributed by atoms with Crippen LogP contribution in [0.15, 0.2) is 12.7 Å². The number of carbonyl (C=O) groups excluding carboxylic acids is 2. The van der Waals surface area contributed by atoms with Crippen LogP contribution in [0.5, 0.6) is 0 Å². The minimum atomic E-state index is -0.533. The lowest BCUT2D eigenvalue weighted by Crippen LogP contribution is -2.31. The zero-order chi connectivity index (χ0) is 18.0. The normalized spacial score (nSPS) is 15.6. The quantitative estimate of drug-likeness (QED) is 0.422. The summed E-state index contributed by atoms with van der Waals surface area (Å²) in [6, 6.07) is 0. The number of allylic oxidation sites excluding steroid dienone is 1. The minimum absolute atomic E-state index is 0.0253. The van der Waals surface area contributed by atoms with Crippen LogP contribution >= 0.6 is 0 Å². The molecule has 0 N–H and O–H groups in total. The van der Waals surface area contributed by atoms with Crippen molar-refractivity contribution in [2.45, 2.75) is 65.9 Å². The second-order valence-electron chi connectivity index (χ2n) is 7.42. The Labute approximate surface area is 141 Å². The molecule has 0 saturated carbocycles. The van der Waals surface area contributed by atoms with Crippen molar-refractivity contribution >= 4 is 11.8 Å². The van der Waals surface area contributed by atoms with E-state index in [9.17, 15) is 9.59 Å². The first kappa shape index (κ1) is 21.8. The highest BCUT2D eigenvalue weighted by Crippen LogP contribution is 2.25. The highest BCUT2D eigenvalue weighted by atomic mass is 16.6. The summed E-state index contributed by atoms with van der Waals surface area (Å²) in [5, 5.41) is 0. The molecule has 0 fully saturated rings. The predicted octanol–water partition coefficient (Wildman–Crippen LogP) is 4.18. The summed E-state index contributed by atoms with van der Waals surface area (Å²) < 4.78 is 10.3. The van der Waals surface area contributed by atoms with Crippen molar-refractivity contribution in [2.75, 3.05) is 13.7 Å². The number of ketones is 1. The maximum atomic E-state index is 12.3. The fourth-order valence-corrected chi connectivity index (χ4v) is 2.53. The van der Waals surface area contributed by atoms with Crippen molar-refractivity contribution in [3.05, 3.63) is 12.7 Å². The van der Waals surface area contributed by atoms with Crippen LogP contribution in [0.4, 0.5) is 0 Å². The second kappa shape index (κ2) is 10.6. The molecule has 0 amide bonds. The van der Waals surface area contributed by atoms with Gasteiger partial charge in [-0.1, -0.05) is 26.3 Å². The van der Waals surface area contributed by atoms with Gasteiger partial charge in [0.2, 0.25) is 0 Å². The number of carbonyl (C=O) groups is 2. The van der Waals surface area contributed by atoms with E-state index in [0.717, 1.165) is 19.3 Å². The Morgan fingerprint density at radius 3 is 2.26 bits per heavy atom. The number of hydrogen-bond donors (Lipinski definition) is 0. The molecule has 0 aliphatic rings. The van der Waals surface area contributed by atoms with E-state index in [-0.39, 0.29) is 36.6 Å². The Kier molecular flexibility index (Phi) is 10.1. The summed E-state index contributed by atoms with van der Waals surface area (Å²) in [5.74, 6) is -0.0897. The third-order valence-electron chi connectivity index (χ3n) is 3.91. The van der Waals surface area contributed by atoms with Gasteiger partial charge in [0.1, 0.15) is 12.2 Å². The molecule has 0 spiro atoms. The van der Waals surface area contributed by atoms with Gasteiger partial charge in [0.25, 0.3) is 0 Å². The number of esters is 1. The molecule has 2 unspecified atom stereocenters. The van der Waals surface area contributed by atoms with Gasteiger partial charge in [0, 0.05) is 13.0 Å². The van der Waals surface area contributed by atoms with Crippen molar-refractivity contribution in [1.29, 1.82) is 0 Å². The molecular weight excluding hydrogens is 292 g/mol. The summed E-state index contributed by atoms with van der Waals surface area (Å²) in [4.78, 5) is 24.4. The summed E-state index contributed by atoms with van der Waals surface area (Å²) in [5.41, 5.74) is -0.533. The van der Waals surface area contributed by atoms with E-state index < -0.39 is 5.60 Å². The lowest BCUT2D eigenvalue weighted by atomic mass is 9.83. The molecule has 0 aromatic carbocycles. The Hall–Kier alpha value is -1.16. The summed E-state index contributed by atoms with van der Waals surface area (Å²) in [6.07, 6.45) is 5.03. The van der Waals surface area contributed by atoms with Crippen LogP contribution in [-0.4, -0.2) is 31.1 Å². The molecule has 0 rings (SSSR count). The molecule has 0 bridgehead atoms. The van der Waals surface area contributed by atoms with E-state index in [4.69, 9.17) is 9.47 Å². The van der Waals surface area contributed by atoms with Crippen LogP contribution in [0.25, 0.3) is 0 Å². The molecule has 0 aliphatic carbocycles. The molecule has 23 heavy (non-hydrogen) atoms. The van der Waals surface area contributed by atoms with Gasteiger partial charge in [0.05, 0.1) is 6.42 Å².